The van der Waals surface area contributed by atoms with Crippen LogP contribution in [0.5, 0.6) is 5.75 Å². The Morgan fingerprint density at radius 1 is 0.957 bits per heavy atom. The lowest BCUT2D eigenvalue weighted by atomic mass is 9.79. The number of hydrogen-bond donors (Lipinski definition) is 1. The molecule has 0 amide bonds. The predicted octanol–water partition coefficient (Wildman–Crippen LogP) is 5.03. The van der Waals surface area contributed by atoms with Gasteiger partial charge in [-0.3, -0.25) is 4.79 Å². The minimum atomic E-state index is -0.684. The number of phenolic OH excluding ortho intramolecular Hbond substituents is 1. The van der Waals surface area contributed by atoms with Gasteiger partial charge in [0.15, 0.2) is 0 Å². The Morgan fingerprint density at radius 2 is 1.35 bits per heavy atom. The van der Waals surface area contributed by atoms with Gasteiger partial charge < -0.3 is 9.84 Å². The zero-order valence-corrected chi connectivity index (χ0v) is 16.6. The maximum absolute atomic E-state index is 12.0. The summed E-state index contributed by atoms with van der Waals surface area (Å²) in [4.78, 5) is 12.9. The Kier molecular flexibility index (Phi) is 5.52. The van der Waals surface area contributed by atoms with Crippen LogP contribution in [0.4, 0.5) is 0 Å². The zero-order valence-electron chi connectivity index (χ0n) is 15.8. The number of ether oxygens (including phenoxy) is 1. The van der Waals surface area contributed by atoms with Crippen LogP contribution < -0.4 is 0 Å². The summed E-state index contributed by atoms with van der Waals surface area (Å²) < 4.78 is 4.21. The van der Waals surface area contributed by atoms with Crippen LogP contribution in [-0.2, 0) is 20.4 Å². The van der Waals surface area contributed by atoms with Crippen LogP contribution in [0.3, 0.4) is 0 Å². The number of carbonyl (C=O) groups excluding carboxylic acids is 1. The molecule has 1 aromatic carbocycles. The van der Waals surface area contributed by atoms with Gasteiger partial charge in [0.2, 0.25) is 0 Å². The van der Waals surface area contributed by atoms with E-state index in [9.17, 15) is 9.90 Å². The molecule has 0 aliphatic carbocycles. The highest BCUT2D eigenvalue weighted by Gasteiger charge is 2.32. The van der Waals surface area contributed by atoms with Gasteiger partial charge in [0.05, 0.1) is 7.11 Å². The molecule has 0 heterocycles. The van der Waals surface area contributed by atoms with Gasteiger partial charge in [0.25, 0.3) is 0 Å². The number of thioether (sulfide) groups is 1. The van der Waals surface area contributed by atoms with E-state index < -0.39 is 4.75 Å². The zero-order chi connectivity index (χ0) is 18.2. The lowest BCUT2D eigenvalue weighted by molar-refractivity contribution is -0.142. The number of carbonyl (C=O) groups is 1. The summed E-state index contributed by atoms with van der Waals surface area (Å²) in [6.07, 6.45) is 0. The van der Waals surface area contributed by atoms with Crippen molar-refractivity contribution in [3.05, 3.63) is 23.3 Å². The van der Waals surface area contributed by atoms with Gasteiger partial charge in [-0.25, -0.2) is 0 Å². The van der Waals surface area contributed by atoms with E-state index in [1.807, 2.05) is 26.0 Å². The highest BCUT2D eigenvalue weighted by Crippen LogP contribution is 2.44. The first-order valence-corrected chi connectivity index (χ1v) is 8.67. The average Bonchev–Trinajstić information content (AvgIpc) is 2.36. The third-order valence-corrected chi connectivity index (χ3v) is 4.90. The quantitative estimate of drug-likeness (QED) is 0.620. The van der Waals surface area contributed by atoms with Gasteiger partial charge in [-0.15, -0.1) is 11.8 Å². The minimum absolute atomic E-state index is 0.184. The van der Waals surface area contributed by atoms with Crippen LogP contribution in [0.15, 0.2) is 17.0 Å². The van der Waals surface area contributed by atoms with Crippen molar-refractivity contribution < 1.29 is 14.6 Å². The molecule has 0 unspecified atom stereocenters. The Hall–Kier alpha value is -1.16. The molecule has 0 saturated carbocycles. The summed E-state index contributed by atoms with van der Waals surface area (Å²) in [5.41, 5.74) is 1.42. The molecule has 130 valence electrons. The van der Waals surface area contributed by atoms with Crippen LogP contribution in [0.2, 0.25) is 0 Å². The number of esters is 1. The SMILES string of the molecule is COC(=O)C(C)(C)Sc1cc(C(C)(C)C)c(O)c(C(C)(C)C)c1. The third kappa shape index (κ3) is 4.66. The van der Waals surface area contributed by atoms with E-state index >= 15 is 0 Å². The molecular formula is C19H30O3S. The lowest BCUT2D eigenvalue weighted by Gasteiger charge is -2.29. The summed E-state index contributed by atoms with van der Waals surface area (Å²) in [6, 6.07) is 3.97. The third-order valence-electron chi connectivity index (χ3n) is 3.75. The Balaban J connectivity index is 3.48. The molecule has 23 heavy (non-hydrogen) atoms. The van der Waals surface area contributed by atoms with Crippen LogP contribution in [0, 0.1) is 0 Å². The Labute approximate surface area is 144 Å². The van der Waals surface area contributed by atoms with E-state index in [2.05, 4.69) is 41.5 Å². The highest BCUT2D eigenvalue weighted by molar-refractivity contribution is 8.01. The molecule has 1 rings (SSSR count). The summed E-state index contributed by atoms with van der Waals surface area (Å²) in [5, 5.41) is 10.7. The molecule has 0 atom stereocenters. The molecule has 0 bridgehead atoms. The second kappa shape index (κ2) is 6.39. The lowest BCUT2D eigenvalue weighted by Crippen LogP contribution is -2.29. The van der Waals surface area contributed by atoms with Crippen molar-refractivity contribution in [2.45, 2.75) is 75.9 Å². The molecule has 0 aromatic heterocycles. The van der Waals surface area contributed by atoms with Crippen LogP contribution >= 0.6 is 11.8 Å². The molecule has 3 nitrogen and oxygen atoms in total. The molecule has 1 N–H and O–H groups in total. The average molecular weight is 339 g/mol. The summed E-state index contributed by atoms with van der Waals surface area (Å²) in [5.74, 6) is 0.0930. The molecule has 1 aromatic rings. The van der Waals surface area contributed by atoms with Gasteiger partial charge in [-0.05, 0) is 36.8 Å². The number of hydrogen-bond acceptors (Lipinski definition) is 4. The maximum atomic E-state index is 12.0. The van der Waals surface area contributed by atoms with E-state index in [0.29, 0.717) is 5.75 Å². The van der Waals surface area contributed by atoms with E-state index in [1.54, 1.807) is 0 Å². The van der Waals surface area contributed by atoms with Gasteiger partial charge >= 0.3 is 5.97 Å². The topological polar surface area (TPSA) is 46.5 Å². The van der Waals surface area contributed by atoms with E-state index in [-0.39, 0.29) is 16.8 Å². The number of benzene rings is 1. The summed E-state index contributed by atoms with van der Waals surface area (Å²) in [7, 11) is 1.41. The van der Waals surface area contributed by atoms with Gasteiger partial charge in [-0.2, -0.15) is 0 Å². The Morgan fingerprint density at radius 3 is 1.65 bits per heavy atom. The van der Waals surface area contributed by atoms with Crippen molar-refractivity contribution in [1.29, 1.82) is 0 Å². The molecule has 0 fully saturated rings. The molecular weight excluding hydrogens is 308 g/mol. The van der Waals surface area contributed by atoms with Crippen LogP contribution in [-0.4, -0.2) is 22.9 Å². The first-order chi connectivity index (χ1) is 10.2. The van der Waals surface area contributed by atoms with Crippen LogP contribution in [0.1, 0.15) is 66.5 Å². The van der Waals surface area contributed by atoms with Crippen molar-refractivity contribution in [3.63, 3.8) is 0 Å². The smallest absolute Gasteiger partial charge is 0.321 e. The van der Waals surface area contributed by atoms with E-state index in [0.717, 1.165) is 16.0 Å². The van der Waals surface area contributed by atoms with Gasteiger partial charge in [-0.1, -0.05) is 41.5 Å². The molecule has 0 spiro atoms. The van der Waals surface area contributed by atoms with Gasteiger partial charge in [0, 0.05) is 16.0 Å². The first-order valence-electron chi connectivity index (χ1n) is 7.85. The molecule has 0 aliphatic heterocycles. The van der Waals surface area contributed by atoms with Crippen molar-refractivity contribution in [1.82, 2.24) is 0 Å². The minimum Gasteiger partial charge on any atom is -0.507 e. The largest absolute Gasteiger partial charge is 0.507 e. The summed E-state index contributed by atoms with van der Waals surface area (Å²) in [6.45, 7) is 16.2. The number of aromatic hydroxyl groups is 1. The van der Waals surface area contributed by atoms with Crippen molar-refractivity contribution in [2.75, 3.05) is 7.11 Å². The predicted molar refractivity (Wildman–Crippen MR) is 97.5 cm³/mol. The number of methoxy groups -OCH3 is 1. The standard InChI is InChI=1S/C19H30O3S/c1-17(2,3)13-10-12(23-19(7,8)16(21)22-9)11-14(15(13)20)18(4,5)6/h10-11,20H,1-9H3. The monoisotopic (exact) mass is 338 g/mol. The fourth-order valence-corrected chi connectivity index (χ4v) is 3.50. The highest BCUT2D eigenvalue weighted by atomic mass is 32.2. The van der Waals surface area contributed by atoms with Crippen molar-refractivity contribution in [2.24, 2.45) is 0 Å². The Bertz CT molecular complexity index is 555. The molecule has 0 saturated heterocycles. The van der Waals surface area contributed by atoms with Gasteiger partial charge in [0.1, 0.15) is 10.5 Å². The number of phenols is 1. The van der Waals surface area contributed by atoms with E-state index in [1.165, 1.54) is 18.9 Å². The van der Waals surface area contributed by atoms with Crippen molar-refractivity contribution in [3.8, 4) is 5.75 Å². The van der Waals surface area contributed by atoms with E-state index in [4.69, 9.17) is 4.74 Å². The first kappa shape index (κ1) is 19.9. The molecule has 0 radical (unpaired) electrons. The van der Waals surface area contributed by atoms with Crippen molar-refractivity contribution >= 4 is 17.7 Å². The second-order valence-electron chi connectivity index (χ2n) is 8.47. The van der Waals surface area contributed by atoms with Crippen LogP contribution in [0.25, 0.3) is 0 Å². The second-order valence-corrected chi connectivity index (χ2v) is 10.2. The maximum Gasteiger partial charge on any atom is 0.321 e. The fourth-order valence-electron chi connectivity index (χ4n) is 2.39. The fraction of sp³-hybridized carbons (Fsp3) is 0.632. The molecule has 4 heteroatoms. The molecule has 0 aliphatic rings. The normalized spacial score (nSPS) is 13.1. The summed E-state index contributed by atoms with van der Waals surface area (Å²) >= 11 is 1.46. The number of rotatable bonds is 3.